The molecule has 0 saturated heterocycles. The first-order chi connectivity index (χ1) is 10.1. The largest absolute Gasteiger partial charge is 0.494 e. The van der Waals surface area contributed by atoms with Gasteiger partial charge in [-0.3, -0.25) is 4.79 Å². The molecule has 1 N–H and O–H groups in total. The van der Waals surface area contributed by atoms with Gasteiger partial charge in [0.25, 0.3) is 5.91 Å². The van der Waals surface area contributed by atoms with Gasteiger partial charge < -0.3 is 10.1 Å². The molecule has 2 aromatic carbocycles. The number of nitrogens with one attached hydrogen (secondary N) is 1. The molecule has 0 fully saturated rings. The topological polar surface area (TPSA) is 38.3 Å². The first kappa shape index (κ1) is 15.1. The molecule has 0 heterocycles. The van der Waals surface area contributed by atoms with Crippen LogP contribution in [0.5, 0.6) is 5.75 Å². The summed E-state index contributed by atoms with van der Waals surface area (Å²) in [5, 5.41) is 2.98. The number of benzene rings is 2. The maximum Gasteiger partial charge on any atom is 0.255 e. The summed E-state index contributed by atoms with van der Waals surface area (Å²) < 4.78 is 5.51. The molecule has 110 valence electrons. The molecule has 0 unspecified atom stereocenters. The van der Waals surface area contributed by atoms with Gasteiger partial charge in [-0.25, -0.2) is 0 Å². The number of aryl methyl sites for hydroxylation is 2. The van der Waals surface area contributed by atoms with Crippen molar-refractivity contribution in [1.82, 2.24) is 0 Å². The number of ether oxygens (including phenoxy) is 1. The highest BCUT2D eigenvalue weighted by Crippen LogP contribution is 2.21. The molecular formula is C18H21NO2. The highest BCUT2D eigenvalue weighted by Gasteiger charge is 2.09. The molecule has 3 heteroatoms. The summed E-state index contributed by atoms with van der Waals surface area (Å²) in [7, 11) is 0. The number of para-hydroxylation sites is 1. The maximum absolute atomic E-state index is 12.3. The number of hydrogen-bond donors (Lipinski definition) is 1. The summed E-state index contributed by atoms with van der Waals surface area (Å²) >= 11 is 0. The van der Waals surface area contributed by atoms with Crippen molar-refractivity contribution in [3.8, 4) is 5.75 Å². The predicted molar refractivity (Wildman–Crippen MR) is 86.1 cm³/mol. The van der Waals surface area contributed by atoms with Crippen molar-refractivity contribution in [3.63, 3.8) is 0 Å². The minimum Gasteiger partial charge on any atom is -0.494 e. The standard InChI is InChI=1S/C18H21NO2/c1-4-12-21-16-10-8-15(9-11-16)18(20)19-17-13(2)6-5-7-14(17)3/h5-11H,4,12H2,1-3H3,(H,19,20). The number of hydrogen-bond acceptors (Lipinski definition) is 2. The van der Waals surface area contributed by atoms with Gasteiger partial charge in [-0.15, -0.1) is 0 Å². The molecule has 0 saturated carbocycles. The van der Waals surface area contributed by atoms with Crippen LogP contribution in [-0.4, -0.2) is 12.5 Å². The van der Waals surface area contributed by atoms with Crippen molar-refractivity contribution in [1.29, 1.82) is 0 Å². The van der Waals surface area contributed by atoms with Gasteiger partial charge in [0.1, 0.15) is 5.75 Å². The number of carbonyl (C=O) groups excluding carboxylic acids is 1. The van der Waals surface area contributed by atoms with Crippen molar-refractivity contribution in [2.75, 3.05) is 11.9 Å². The third-order valence-electron chi connectivity index (χ3n) is 3.31. The molecule has 0 spiro atoms. The van der Waals surface area contributed by atoms with E-state index in [0.717, 1.165) is 29.0 Å². The number of carbonyl (C=O) groups is 1. The smallest absolute Gasteiger partial charge is 0.255 e. The quantitative estimate of drug-likeness (QED) is 0.886. The highest BCUT2D eigenvalue weighted by molar-refractivity contribution is 6.05. The van der Waals surface area contributed by atoms with Crippen LogP contribution in [0.2, 0.25) is 0 Å². The predicted octanol–water partition coefficient (Wildman–Crippen LogP) is 4.34. The van der Waals surface area contributed by atoms with E-state index in [2.05, 4.69) is 12.2 Å². The summed E-state index contributed by atoms with van der Waals surface area (Å²) in [6.45, 7) is 6.73. The molecule has 0 aliphatic rings. The lowest BCUT2D eigenvalue weighted by molar-refractivity contribution is 0.102. The van der Waals surface area contributed by atoms with Crippen LogP contribution in [0, 0.1) is 13.8 Å². The van der Waals surface area contributed by atoms with Crippen molar-refractivity contribution >= 4 is 11.6 Å². The Bertz CT molecular complexity index is 597. The van der Waals surface area contributed by atoms with Crippen molar-refractivity contribution in [3.05, 3.63) is 59.2 Å². The molecule has 21 heavy (non-hydrogen) atoms. The number of amides is 1. The summed E-state index contributed by atoms with van der Waals surface area (Å²) in [6, 6.07) is 13.2. The van der Waals surface area contributed by atoms with E-state index in [9.17, 15) is 4.79 Å². The summed E-state index contributed by atoms with van der Waals surface area (Å²) in [5.74, 6) is 0.690. The lowest BCUT2D eigenvalue weighted by atomic mass is 10.1. The number of anilines is 1. The third-order valence-corrected chi connectivity index (χ3v) is 3.31. The zero-order valence-electron chi connectivity index (χ0n) is 12.8. The highest BCUT2D eigenvalue weighted by atomic mass is 16.5. The van der Waals surface area contributed by atoms with E-state index >= 15 is 0 Å². The SMILES string of the molecule is CCCOc1ccc(C(=O)Nc2c(C)cccc2C)cc1. The minimum atomic E-state index is -0.102. The minimum absolute atomic E-state index is 0.102. The van der Waals surface area contributed by atoms with Crippen LogP contribution in [0.1, 0.15) is 34.8 Å². The Hall–Kier alpha value is -2.29. The first-order valence-corrected chi connectivity index (χ1v) is 7.22. The van der Waals surface area contributed by atoms with Gasteiger partial charge in [-0.1, -0.05) is 25.1 Å². The number of rotatable bonds is 5. The molecule has 0 atom stereocenters. The van der Waals surface area contributed by atoms with Gasteiger partial charge in [0, 0.05) is 11.3 Å². The van der Waals surface area contributed by atoms with Gasteiger partial charge in [0.05, 0.1) is 6.61 Å². The Morgan fingerprint density at radius 3 is 2.24 bits per heavy atom. The van der Waals surface area contributed by atoms with Gasteiger partial charge >= 0.3 is 0 Å². The Morgan fingerprint density at radius 1 is 1.05 bits per heavy atom. The molecule has 0 aliphatic heterocycles. The third kappa shape index (κ3) is 3.85. The zero-order chi connectivity index (χ0) is 15.2. The maximum atomic E-state index is 12.3. The molecular weight excluding hydrogens is 262 g/mol. The van der Waals surface area contributed by atoms with Crippen LogP contribution in [0.25, 0.3) is 0 Å². The molecule has 0 bridgehead atoms. The normalized spacial score (nSPS) is 10.2. The molecule has 3 nitrogen and oxygen atoms in total. The van der Waals surface area contributed by atoms with Crippen LogP contribution in [0.3, 0.4) is 0 Å². The summed E-state index contributed by atoms with van der Waals surface area (Å²) in [6.07, 6.45) is 0.967. The van der Waals surface area contributed by atoms with Crippen molar-refractivity contribution in [2.45, 2.75) is 27.2 Å². The Kier molecular flexibility index (Phi) is 4.99. The van der Waals surface area contributed by atoms with Gasteiger partial charge in [0.15, 0.2) is 0 Å². The summed E-state index contributed by atoms with van der Waals surface area (Å²) in [4.78, 5) is 12.3. The average molecular weight is 283 g/mol. The molecule has 1 amide bonds. The van der Waals surface area contributed by atoms with Gasteiger partial charge in [-0.05, 0) is 55.7 Å². The van der Waals surface area contributed by atoms with Crippen molar-refractivity contribution in [2.24, 2.45) is 0 Å². The van der Waals surface area contributed by atoms with Crippen LogP contribution in [-0.2, 0) is 0 Å². The van der Waals surface area contributed by atoms with E-state index in [-0.39, 0.29) is 5.91 Å². The Morgan fingerprint density at radius 2 is 1.67 bits per heavy atom. The van der Waals surface area contributed by atoms with E-state index in [1.807, 2.05) is 44.2 Å². The summed E-state index contributed by atoms with van der Waals surface area (Å²) in [5.41, 5.74) is 3.63. The lowest BCUT2D eigenvalue weighted by Gasteiger charge is -2.12. The van der Waals surface area contributed by atoms with E-state index in [4.69, 9.17) is 4.74 Å². The van der Waals surface area contributed by atoms with Gasteiger partial charge in [-0.2, -0.15) is 0 Å². The zero-order valence-corrected chi connectivity index (χ0v) is 12.8. The molecule has 2 rings (SSSR count). The van der Waals surface area contributed by atoms with E-state index in [1.165, 1.54) is 0 Å². The Balaban J connectivity index is 2.10. The van der Waals surface area contributed by atoms with Crippen LogP contribution >= 0.6 is 0 Å². The first-order valence-electron chi connectivity index (χ1n) is 7.22. The van der Waals surface area contributed by atoms with Crippen molar-refractivity contribution < 1.29 is 9.53 Å². The van der Waals surface area contributed by atoms with E-state index < -0.39 is 0 Å². The van der Waals surface area contributed by atoms with E-state index in [0.29, 0.717) is 12.2 Å². The van der Waals surface area contributed by atoms with Gasteiger partial charge in [0.2, 0.25) is 0 Å². The van der Waals surface area contributed by atoms with Crippen LogP contribution in [0.15, 0.2) is 42.5 Å². The van der Waals surface area contributed by atoms with Crippen LogP contribution < -0.4 is 10.1 Å². The fourth-order valence-electron chi connectivity index (χ4n) is 2.12. The molecule has 0 aliphatic carbocycles. The van der Waals surface area contributed by atoms with Crippen LogP contribution in [0.4, 0.5) is 5.69 Å². The second-order valence-corrected chi connectivity index (χ2v) is 5.09. The van der Waals surface area contributed by atoms with E-state index in [1.54, 1.807) is 12.1 Å². The monoisotopic (exact) mass is 283 g/mol. The molecule has 0 aromatic heterocycles. The Labute approximate surface area is 126 Å². The fourth-order valence-corrected chi connectivity index (χ4v) is 2.12. The second kappa shape index (κ2) is 6.93. The second-order valence-electron chi connectivity index (χ2n) is 5.09. The molecule has 2 aromatic rings. The fraction of sp³-hybridized carbons (Fsp3) is 0.278. The average Bonchev–Trinajstić information content (AvgIpc) is 2.49. The molecule has 0 radical (unpaired) electrons. The lowest BCUT2D eigenvalue weighted by Crippen LogP contribution is -2.13.